The van der Waals surface area contributed by atoms with Crippen molar-refractivity contribution in [1.29, 1.82) is 0 Å². The molecule has 0 radical (unpaired) electrons. The van der Waals surface area contributed by atoms with Gasteiger partial charge >= 0.3 is 6.18 Å². The van der Waals surface area contributed by atoms with Crippen LogP contribution in [0.4, 0.5) is 27.9 Å². The molecule has 11 heteroatoms. The number of nitrogens with one attached hydrogen (secondary N) is 1. The van der Waals surface area contributed by atoms with Crippen LogP contribution in [-0.4, -0.2) is 37.6 Å². The molecule has 2 N–H and O–H groups in total. The smallest absolute Gasteiger partial charge is 0.384 e. The molecule has 1 fully saturated rings. The molecule has 0 bridgehead atoms. The summed E-state index contributed by atoms with van der Waals surface area (Å²) in [5.41, 5.74) is -4.16. The average molecular weight is 406 g/mol. The highest BCUT2D eigenvalue weighted by molar-refractivity contribution is 5.91. The van der Waals surface area contributed by atoms with Gasteiger partial charge in [-0.25, -0.2) is 18.7 Å². The molecule has 0 spiro atoms. The molecule has 1 saturated carbocycles. The Hall–Kier alpha value is -2.30. The van der Waals surface area contributed by atoms with Crippen LogP contribution in [0.1, 0.15) is 45.2 Å². The van der Waals surface area contributed by atoms with E-state index >= 15 is 0 Å². The van der Waals surface area contributed by atoms with Crippen molar-refractivity contribution in [2.24, 2.45) is 0 Å². The van der Waals surface area contributed by atoms with Crippen LogP contribution in [0.25, 0.3) is 11.2 Å². The van der Waals surface area contributed by atoms with Crippen LogP contribution in [-0.2, 0) is 16.5 Å². The van der Waals surface area contributed by atoms with Gasteiger partial charge < -0.3 is 5.11 Å². The number of aromatic nitrogens is 3. The van der Waals surface area contributed by atoms with E-state index in [0.717, 1.165) is 25.5 Å². The molecule has 3 rings (SSSR count). The Kier molecular flexibility index (Phi) is 4.85. The number of hydrogen-bond donors (Lipinski definition) is 2. The third kappa shape index (κ3) is 3.67. The van der Waals surface area contributed by atoms with Crippen molar-refractivity contribution >= 4 is 23.0 Å². The number of anilines is 1. The summed E-state index contributed by atoms with van der Waals surface area (Å²) in [5, 5.41) is 12.0. The lowest BCUT2D eigenvalue weighted by Gasteiger charge is -2.40. The topological polar surface area (TPSA) is 80.0 Å². The van der Waals surface area contributed by atoms with E-state index in [0.29, 0.717) is 12.8 Å². The molecular formula is C17H19F5N4O2. The van der Waals surface area contributed by atoms with E-state index in [1.54, 1.807) is 6.92 Å². The van der Waals surface area contributed by atoms with Gasteiger partial charge in [-0.1, -0.05) is 0 Å². The van der Waals surface area contributed by atoms with Crippen LogP contribution in [0.15, 0.2) is 12.1 Å². The number of alkyl halides is 5. The van der Waals surface area contributed by atoms with Gasteiger partial charge in [0.1, 0.15) is 16.8 Å². The van der Waals surface area contributed by atoms with Crippen LogP contribution < -0.4 is 5.32 Å². The second kappa shape index (κ2) is 6.64. The Morgan fingerprint density at radius 3 is 2.46 bits per heavy atom. The molecule has 154 valence electrons. The monoisotopic (exact) mass is 406 g/mol. The first-order chi connectivity index (χ1) is 12.8. The van der Waals surface area contributed by atoms with E-state index in [-0.39, 0.29) is 17.1 Å². The normalized spacial score (nSPS) is 18.8. The number of fused-ring (bicyclic) bond motifs is 1. The summed E-state index contributed by atoms with van der Waals surface area (Å²) in [6, 6.07) is 1.94. The molecular weight excluding hydrogens is 387 g/mol. The van der Waals surface area contributed by atoms with Crippen molar-refractivity contribution in [3.8, 4) is 0 Å². The molecule has 0 aliphatic heterocycles. The molecule has 1 aliphatic rings. The highest BCUT2D eigenvalue weighted by Gasteiger charge is 2.40. The van der Waals surface area contributed by atoms with E-state index in [4.69, 9.17) is 0 Å². The van der Waals surface area contributed by atoms with Gasteiger partial charge in [-0.2, -0.15) is 13.2 Å². The van der Waals surface area contributed by atoms with Crippen LogP contribution in [0, 0.1) is 0 Å². The first-order valence-electron chi connectivity index (χ1n) is 8.61. The molecule has 2 aromatic rings. The third-order valence-electron chi connectivity index (χ3n) is 5.01. The summed E-state index contributed by atoms with van der Waals surface area (Å²) in [5.74, 6) is -1.01. The average Bonchev–Trinajstić information content (AvgIpc) is 2.88. The minimum absolute atomic E-state index is 0.0482. The summed E-state index contributed by atoms with van der Waals surface area (Å²) in [4.78, 5) is 20.0. The van der Waals surface area contributed by atoms with Gasteiger partial charge in [0.25, 0.3) is 6.43 Å². The van der Waals surface area contributed by atoms with Crippen molar-refractivity contribution in [2.75, 3.05) is 5.32 Å². The first-order valence-corrected chi connectivity index (χ1v) is 8.61. The zero-order valence-electron chi connectivity index (χ0n) is 15.1. The van der Waals surface area contributed by atoms with Crippen LogP contribution in [0.5, 0.6) is 0 Å². The predicted molar refractivity (Wildman–Crippen MR) is 89.9 cm³/mol. The maximum Gasteiger partial charge on any atom is 0.433 e. The summed E-state index contributed by atoms with van der Waals surface area (Å²) < 4.78 is 66.2. The van der Waals surface area contributed by atoms with E-state index < -0.39 is 41.8 Å². The highest BCUT2D eigenvalue weighted by atomic mass is 19.4. The molecule has 1 unspecified atom stereocenters. The van der Waals surface area contributed by atoms with Crippen molar-refractivity contribution in [3.05, 3.63) is 17.8 Å². The highest BCUT2D eigenvalue weighted by Crippen LogP contribution is 2.43. The van der Waals surface area contributed by atoms with Gasteiger partial charge in [-0.15, -0.1) is 0 Å². The Labute approximate surface area is 156 Å². The van der Waals surface area contributed by atoms with Gasteiger partial charge in [0.15, 0.2) is 5.65 Å². The lowest BCUT2D eigenvalue weighted by atomic mass is 9.78. The van der Waals surface area contributed by atoms with Gasteiger partial charge in [0.2, 0.25) is 11.9 Å². The lowest BCUT2D eigenvalue weighted by Crippen LogP contribution is -2.40. The predicted octanol–water partition coefficient (Wildman–Crippen LogP) is 3.69. The number of carbonyl (C=O) groups is 1. The molecule has 0 aromatic carbocycles. The minimum Gasteiger partial charge on any atom is -0.384 e. The fourth-order valence-corrected chi connectivity index (χ4v) is 3.19. The number of nitrogens with zero attached hydrogens (tertiary/aromatic N) is 3. The van der Waals surface area contributed by atoms with Gasteiger partial charge in [0, 0.05) is 5.54 Å². The Bertz CT molecular complexity index is 903. The van der Waals surface area contributed by atoms with E-state index in [1.807, 2.05) is 0 Å². The molecule has 1 atom stereocenters. The Balaban J connectivity index is 2.02. The number of amides is 1. The number of pyridine rings is 1. The maximum atomic E-state index is 13.1. The van der Waals surface area contributed by atoms with Gasteiger partial charge in [-0.05, 0) is 45.2 Å². The van der Waals surface area contributed by atoms with Gasteiger partial charge in [0.05, 0.1) is 6.42 Å². The second-order valence-corrected chi connectivity index (χ2v) is 7.54. The Morgan fingerprint density at radius 2 is 1.96 bits per heavy atom. The summed E-state index contributed by atoms with van der Waals surface area (Å²) >= 11 is 0. The fourth-order valence-electron chi connectivity index (χ4n) is 3.19. The van der Waals surface area contributed by atoms with E-state index in [9.17, 15) is 31.9 Å². The molecule has 6 nitrogen and oxygen atoms in total. The Morgan fingerprint density at radius 1 is 1.32 bits per heavy atom. The summed E-state index contributed by atoms with van der Waals surface area (Å²) in [6.07, 6.45) is -6.59. The lowest BCUT2D eigenvalue weighted by molar-refractivity contribution is -0.141. The molecule has 2 aromatic heterocycles. The van der Waals surface area contributed by atoms with Crippen molar-refractivity contribution in [1.82, 2.24) is 14.5 Å². The van der Waals surface area contributed by atoms with Crippen molar-refractivity contribution in [2.45, 2.75) is 63.3 Å². The number of hydrogen-bond acceptors (Lipinski definition) is 4. The zero-order valence-corrected chi connectivity index (χ0v) is 15.1. The first kappa shape index (κ1) is 20.4. The number of carbonyl (C=O) groups excluding carboxylic acids is 1. The van der Waals surface area contributed by atoms with Crippen LogP contribution >= 0.6 is 0 Å². The van der Waals surface area contributed by atoms with Gasteiger partial charge in [-0.3, -0.25) is 14.7 Å². The van der Waals surface area contributed by atoms with Crippen molar-refractivity contribution in [3.63, 3.8) is 0 Å². The number of rotatable bonds is 5. The standard InChI is InChI=1S/C17H19F5N4O2/c1-15(6-3-7-15)26-12-9(4-5-10(24-12)17(20,21)22)23-14(26)25-11(27)8-16(2,28)13(18)19/h4-5,13,28H,3,6-8H2,1-2H3,(H,23,25,27). The SMILES string of the molecule is CC(O)(CC(=O)Nc1nc2ccc(C(F)(F)F)nc2n1C1(C)CCC1)C(F)F. The van der Waals surface area contributed by atoms with E-state index in [2.05, 4.69) is 15.3 Å². The maximum absolute atomic E-state index is 13.1. The molecule has 0 saturated heterocycles. The van der Waals surface area contributed by atoms with Crippen LogP contribution in [0.2, 0.25) is 0 Å². The minimum atomic E-state index is -4.65. The fraction of sp³-hybridized carbons (Fsp3) is 0.588. The largest absolute Gasteiger partial charge is 0.433 e. The van der Waals surface area contributed by atoms with E-state index in [1.165, 1.54) is 4.57 Å². The molecule has 1 aliphatic carbocycles. The molecule has 28 heavy (non-hydrogen) atoms. The number of imidazole rings is 1. The number of halogens is 5. The van der Waals surface area contributed by atoms with Crippen molar-refractivity contribution < 1.29 is 31.9 Å². The number of aliphatic hydroxyl groups is 1. The zero-order chi connectivity index (χ0) is 20.9. The summed E-state index contributed by atoms with van der Waals surface area (Å²) in [6.45, 7) is 2.62. The van der Waals surface area contributed by atoms with Crippen LogP contribution in [0.3, 0.4) is 0 Å². The third-order valence-corrected chi connectivity index (χ3v) is 5.01. The quantitative estimate of drug-likeness (QED) is 0.743. The second-order valence-electron chi connectivity index (χ2n) is 7.54. The molecule has 2 heterocycles. The summed E-state index contributed by atoms with van der Waals surface area (Å²) in [7, 11) is 0. The molecule has 1 amide bonds.